The Hall–Kier alpha value is -1.34. The monoisotopic (exact) mass is 279 g/mol. The standard InChI is InChI=1S/C9H10ClNO5S/c1-3-16-8-5-4-7(11(12)13)6(2)9(8)17(10,14)15/h4-5H,3H2,1-2H3. The van der Waals surface area contributed by atoms with E-state index in [0.29, 0.717) is 0 Å². The van der Waals surface area contributed by atoms with Crippen LogP contribution in [0.3, 0.4) is 0 Å². The summed E-state index contributed by atoms with van der Waals surface area (Å²) < 4.78 is 27.9. The normalized spacial score (nSPS) is 11.2. The molecule has 0 fully saturated rings. The first-order valence-corrected chi connectivity index (χ1v) is 6.95. The first-order chi connectivity index (χ1) is 7.79. The topological polar surface area (TPSA) is 86.5 Å². The lowest BCUT2D eigenvalue weighted by Gasteiger charge is -2.10. The third-order valence-corrected chi connectivity index (χ3v) is 3.54. The summed E-state index contributed by atoms with van der Waals surface area (Å²) in [6, 6.07) is 2.41. The van der Waals surface area contributed by atoms with Gasteiger partial charge >= 0.3 is 0 Å². The van der Waals surface area contributed by atoms with Crippen molar-refractivity contribution in [1.29, 1.82) is 0 Å². The minimum absolute atomic E-state index is 0.0191. The SMILES string of the molecule is CCOc1ccc([N+](=O)[O-])c(C)c1S(=O)(=O)Cl. The van der Waals surface area contributed by atoms with Crippen molar-refractivity contribution >= 4 is 25.4 Å². The van der Waals surface area contributed by atoms with Gasteiger partial charge in [0.1, 0.15) is 10.6 Å². The van der Waals surface area contributed by atoms with Crippen molar-refractivity contribution in [2.45, 2.75) is 18.7 Å². The number of hydrogen-bond donors (Lipinski definition) is 0. The highest BCUT2D eigenvalue weighted by Gasteiger charge is 2.26. The van der Waals surface area contributed by atoms with E-state index in [1.54, 1.807) is 6.92 Å². The van der Waals surface area contributed by atoms with Gasteiger partial charge < -0.3 is 4.74 Å². The number of ether oxygens (including phenoxy) is 1. The molecule has 94 valence electrons. The van der Waals surface area contributed by atoms with E-state index in [4.69, 9.17) is 15.4 Å². The van der Waals surface area contributed by atoms with Gasteiger partial charge in [-0.1, -0.05) is 0 Å². The highest BCUT2D eigenvalue weighted by molar-refractivity contribution is 8.13. The fraction of sp³-hybridized carbons (Fsp3) is 0.333. The van der Waals surface area contributed by atoms with Gasteiger partial charge in [0.25, 0.3) is 14.7 Å². The molecule has 17 heavy (non-hydrogen) atoms. The molecule has 6 nitrogen and oxygen atoms in total. The maximum Gasteiger partial charge on any atom is 0.273 e. The van der Waals surface area contributed by atoms with E-state index in [9.17, 15) is 18.5 Å². The second-order valence-electron chi connectivity index (χ2n) is 3.16. The van der Waals surface area contributed by atoms with Crippen LogP contribution < -0.4 is 4.74 Å². The smallest absolute Gasteiger partial charge is 0.273 e. The Kier molecular flexibility index (Phi) is 3.94. The molecular formula is C9H10ClNO5S. The lowest BCUT2D eigenvalue weighted by Crippen LogP contribution is -2.04. The second-order valence-corrected chi connectivity index (χ2v) is 5.67. The van der Waals surface area contributed by atoms with Crippen LogP contribution in [0.4, 0.5) is 5.69 Å². The fourth-order valence-electron chi connectivity index (χ4n) is 1.43. The number of nitro benzene ring substituents is 1. The van der Waals surface area contributed by atoms with Crippen LogP contribution in [0.25, 0.3) is 0 Å². The van der Waals surface area contributed by atoms with Crippen LogP contribution in [0.15, 0.2) is 17.0 Å². The van der Waals surface area contributed by atoms with E-state index in [1.165, 1.54) is 19.1 Å². The van der Waals surface area contributed by atoms with Crippen LogP contribution >= 0.6 is 10.7 Å². The Morgan fingerprint density at radius 2 is 2.06 bits per heavy atom. The molecule has 1 aromatic carbocycles. The molecule has 0 spiro atoms. The minimum Gasteiger partial charge on any atom is -0.492 e. The Morgan fingerprint density at radius 3 is 2.47 bits per heavy atom. The lowest BCUT2D eigenvalue weighted by molar-refractivity contribution is -0.385. The molecule has 0 N–H and O–H groups in total. The zero-order valence-corrected chi connectivity index (χ0v) is 10.7. The van der Waals surface area contributed by atoms with E-state index in [2.05, 4.69) is 0 Å². The van der Waals surface area contributed by atoms with Crippen molar-refractivity contribution in [1.82, 2.24) is 0 Å². The summed E-state index contributed by atoms with van der Waals surface area (Å²) in [5.41, 5.74) is -0.344. The van der Waals surface area contributed by atoms with Gasteiger partial charge in [-0.2, -0.15) is 0 Å². The first kappa shape index (κ1) is 13.7. The van der Waals surface area contributed by atoms with Gasteiger partial charge in [-0.15, -0.1) is 0 Å². The van der Waals surface area contributed by atoms with Gasteiger partial charge in [0, 0.05) is 16.7 Å². The van der Waals surface area contributed by atoms with E-state index in [-0.39, 0.29) is 28.5 Å². The second kappa shape index (κ2) is 4.89. The highest BCUT2D eigenvalue weighted by Crippen LogP contribution is 2.35. The number of hydrogen-bond acceptors (Lipinski definition) is 5. The zero-order chi connectivity index (χ0) is 13.2. The molecule has 0 saturated carbocycles. The summed E-state index contributed by atoms with van der Waals surface area (Å²) in [4.78, 5) is 9.68. The molecule has 0 bridgehead atoms. The van der Waals surface area contributed by atoms with E-state index < -0.39 is 14.0 Å². The van der Waals surface area contributed by atoms with E-state index >= 15 is 0 Å². The Bertz CT molecular complexity index is 555. The summed E-state index contributed by atoms with van der Waals surface area (Å²) in [5.74, 6) is 0.0191. The van der Waals surface area contributed by atoms with Crippen LogP contribution in [0.5, 0.6) is 5.75 Å². The lowest BCUT2D eigenvalue weighted by atomic mass is 10.2. The van der Waals surface area contributed by atoms with Crippen LogP contribution in [-0.2, 0) is 9.05 Å². The molecule has 0 atom stereocenters. The molecule has 0 radical (unpaired) electrons. The average Bonchev–Trinajstić information content (AvgIpc) is 2.15. The molecular weight excluding hydrogens is 270 g/mol. The molecule has 0 heterocycles. The summed E-state index contributed by atoms with van der Waals surface area (Å²) in [6.45, 7) is 3.22. The molecule has 1 rings (SSSR count). The predicted molar refractivity (Wildman–Crippen MR) is 62.0 cm³/mol. The first-order valence-electron chi connectivity index (χ1n) is 4.64. The summed E-state index contributed by atoms with van der Waals surface area (Å²) in [5, 5.41) is 10.7. The largest absolute Gasteiger partial charge is 0.492 e. The molecule has 1 aromatic rings. The molecule has 0 saturated heterocycles. The van der Waals surface area contributed by atoms with Crippen molar-refractivity contribution in [2.24, 2.45) is 0 Å². The van der Waals surface area contributed by atoms with Crippen molar-refractivity contribution in [3.8, 4) is 5.75 Å². The van der Waals surface area contributed by atoms with Crippen LogP contribution in [0, 0.1) is 17.0 Å². The molecule has 0 unspecified atom stereocenters. The number of nitrogens with zero attached hydrogens (tertiary/aromatic N) is 1. The van der Waals surface area contributed by atoms with Gasteiger partial charge in [0.05, 0.1) is 17.1 Å². The van der Waals surface area contributed by atoms with Gasteiger partial charge in [-0.25, -0.2) is 8.42 Å². The van der Waals surface area contributed by atoms with Crippen LogP contribution in [-0.4, -0.2) is 19.9 Å². The van der Waals surface area contributed by atoms with Gasteiger partial charge in [-0.05, 0) is 19.9 Å². The van der Waals surface area contributed by atoms with Gasteiger partial charge in [0.15, 0.2) is 0 Å². The number of nitro groups is 1. The Labute approximate surface area is 103 Å². The van der Waals surface area contributed by atoms with Gasteiger partial charge in [-0.3, -0.25) is 10.1 Å². The third-order valence-electron chi connectivity index (χ3n) is 2.08. The quantitative estimate of drug-likeness (QED) is 0.479. The van der Waals surface area contributed by atoms with Crippen molar-refractivity contribution in [2.75, 3.05) is 6.61 Å². The number of benzene rings is 1. The molecule has 8 heteroatoms. The predicted octanol–water partition coefficient (Wildman–Crippen LogP) is 2.23. The molecule has 0 aliphatic rings. The third kappa shape index (κ3) is 2.86. The molecule has 0 aromatic heterocycles. The highest BCUT2D eigenvalue weighted by atomic mass is 35.7. The Morgan fingerprint density at radius 1 is 1.47 bits per heavy atom. The zero-order valence-electron chi connectivity index (χ0n) is 9.14. The Balaban J connectivity index is 3.59. The summed E-state index contributed by atoms with van der Waals surface area (Å²) >= 11 is 0. The van der Waals surface area contributed by atoms with E-state index in [1.807, 2.05) is 0 Å². The summed E-state index contributed by atoms with van der Waals surface area (Å²) in [7, 11) is 1.15. The maximum atomic E-state index is 11.4. The van der Waals surface area contributed by atoms with Crippen molar-refractivity contribution in [3.05, 3.63) is 27.8 Å². The van der Waals surface area contributed by atoms with Crippen molar-refractivity contribution < 1.29 is 18.1 Å². The average molecular weight is 280 g/mol. The maximum absolute atomic E-state index is 11.4. The minimum atomic E-state index is -4.10. The van der Waals surface area contributed by atoms with E-state index in [0.717, 1.165) is 0 Å². The van der Waals surface area contributed by atoms with Crippen LogP contribution in [0.2, 0.25) is 0 Å². The molecule has 0 aliphatic heterocycles. The summed E-state index contributed by atoms with van der Waals surface area (Å²) in [6.07, 6.45) is 0. The van der Waals surface area contributed by atoms with Crippen LogP contribution in [0.1, 0.15) is 12.5 Å². The van der Waals surface area contributed by atoms with Crippen molar-refractivity contribution in [3.63, 3.8) is 0 Å². The number of halogens is 1. The number of rotatable bonds is 4. The van der Waals surface area contributed by atoms with Gasteiger partial charge in [0.2, 0.25) is 0 Å². The molecule has 0 amide bonds. The fourth-order valence-corrected chi connectivity index (χ4v) is 2.84. The molecule has 0 aliphatic carbocycles.